The summed E-state index contributed by atoms with van der Waals surface area (Å²) in [6.45, 7) is 4.90. The van der Waals surface area contributed by atoms with Gasteiger partial charge in [0.05, 0.1) is 10.6 Å². The van der Waals surface area contributed by atoms with Crippen LogP contribution in [0.5, 0.6) is 0 Å². The Morgan fingerprint density at radius 2 is 1.83 bits per heavy atom. The van der Waals surface area contributed by atoms with Crippen LogP contribution in [0, 0.1) is 11.8 Å². The molecule has 0 heterocycles. The fourth-order valence-electron chi connectivity index (χ4n) is 3.35. The van der Waals surface area contributed by atoms with Crippen molar-refractivity contribution in [2.45, 2.75) is 33.2 Å². The summed E-state index contributed by atoms with van der Waals surface area (Å²) in [5, 5.41) is 3.43. The summed E-state index contributed by atoms with van der Waals surface area (Å²) in [6, 6.07) is 13.0. The zero-order valence-corrected chi connectivity index (χ0v) is 18.9. The van der Waals surface area contributed by atoms with Gasteiger partial charge in [-0.3, -0.25) is 9.59 Å². The monoisotopic (exact) mass is 427 g/mol. The molecule has 3 rings (SSSR count). The van der Waals surface area contributed by atoms with Gasteiger partial charge in [-0.2, -0.15) is 0 Å². The highest BCUT2D eigenvalue weighted by Crippen LogP contribution is 2.33. The first kappa shape index (κ1) is 22.2. The molecule has 2 aromatic carbocycles. The van der Waals surface area contributed by atoms with Crippen LogP contribution < -0.4 is 10.2 Å². The number of rotatable bonds is 8. The average molecular weight is 428 g/mol. The van der Waals surface area contributed by atoms with Gasteiger partial charge in [-0.25, -0.2) is 0 Å². The number of hydrogen-bond acceptors (Lipinski definition) is 3. The van der Waals surface area contributed by atoms with E-state index in [1.54, 1.807) is 12.1 Å². The number of hydrogen-bond donors (Lipinski definition) is 1. The van der Waals surface area contributed by atoms with E-state index in [-0.39, 0.29) is 17.7 Å². The lowest BCUT2D eigenvalue weighted by Crippen LogP contribution is -2.33. The molecule has 2 amide bonds. The van der Waals surface area contributed by atoms with Gasteiger partial charge in [-0.15, -0.1) is 0 Å². The first-order valence-corrected chi connectivity index (χ1v) is 10.8. The zero-order chi connectivity index (χ0) is 21.8. The standard InChI is InChI=1S/C24H30ClN3O2/c1-16(2)23(29)26-19-11-12-22(27(3)4)18(13-19)15-28(14-17-9-10-17)24(30)20-7-5-6-8-21(20)25/h5-8,11-13,16-17H,9-10,14-15H2,1-4H3,(H,26,29). The molecule has 0 unspecified atom stereocenters. The Labute approximate surface area is 184 Å². The highest BCUT2D eigenvalue weighted by molar-refractivity contribution is 6.33. The number of anilines is 2. The number of carbonyl (C=O) groups is 2. The minimum absolute atomic E-state index is 0.0273. The number of amides is 2. The van der Waals surface area contributed by atoms with Crippen molar-refractivity contribution < 1.29 is 9.59 Å². The third-order valence-electron chi connectivity index (χ3n) is 5.28. The zero-order valence-electron chi connectivity index (χ0n) is 18.1. The molecule has 0 saturated heterocycles. The van der Waals surface area contributed by atoms with Crippen LogP contribution in [0.25, 0.3) is 0 Å². The number of benzene rings is 2. The molecule has 0 spiro atoms. The van der Waals surface area contributed by atoms with E-state index in [4.69, 9.17) is 11.6 Å². The molecule has 1 saturated carbocycles. The second kappa shape index (κ2) is 9.52. The lowest BCUT2D eigenvalue weighted by molar-refractivity contribution is -0.118. The molecule has 0 aliphatic heterocycles. The first-order valence-electron chi connectivity index (χ1n) is 10.4. The van der Waals surface area contributed by atoms with Crippen molar-refractivity contribution in [1.82, 2.24) is 4.90 Å². The third kappa shape index (κ3) is 5.54. The lowest BCUT2D eigenvalue weighted by Gasteiger charge is -2.27. The van der Waals surface area contributed by atoms with E-state index in [1.807, 2.05) is 68.1 Å². The minimum Gasteiger partial charge on any atom is -0.377 e. The molecule has 1 aliphatic rings. The smallest absolute Gasteiger partial charge is 0.255 e. The Morgan fingerprint density at radius 1 is 1.13 bits per heavy atom. The fourth-order valence-corrected chi connectivity index (χ4v) is 3.57. The number of nitrogens with one attached hydrogen (secondary N) is 1. The van der Waals surface area contributed by atoms with Crippen LogP contribution in [0.2, 0.25) is 5.02 Å². The van der Waals surface area contributed by atoms with Gasteiger partial charge < -0.3 is 15.1 Å². The fraction of sp³-hybridized carbons (Fsp3) is 0.417. The van der Waals surface area contributed by atoms with Gasteiger partial charge in [-0.05, 0) is 54.7 Å². The van der Waals surface area contributed by atoms with Crippen LogP contribution in [0.3, 0.4) is 0 Å². The molecule has 0 bridgehead atoms. The van der Waals surface area contributed by atoms with Gasteiger partial charge in [0.15, 0.2) is 0 Å². The van der Waals surface area contributed by atoms with E-state index < -0.39 is 0 Å². The Hall–Kier alpha value is -2.53. The SMILES string of the molecule is CC(C)C(=O)Nc1ccc(N(C)C)c(CN(CC2CC2)C(=O)c2ccccc2Cl)c1. The summed E-state index contributed by atoms with van der Waals surface area (Å²) in [5.74, 6) is 0.354. The molecule has 6 heteroatoms. The summed E-state index contributed by atoms with van der Waals surface area (Å²) in [5.41, 5.74) is 3.27. The van der Waals surface area contributed by atoms with E-state index in [0.717, 1.165) is 29.8 Å². The molecular weight excluding hydrogens is 398 g/mol. The van der Waals surface area contributed by atoms with Crippen molar-refractivity contribution in [2.24, 2.45) is 11.8 Å². The van der Waals surface area contributed by atoms with E-state index in [2.05, 4.69) is 5.32 Å². The number of halogens is 1. The van der Waals surface area contributed by atoms with Crippen LogP contribution >= 0.6 is 11.6 Å². The molecule has 30 heavy (non-hydrogen) atoms. The molecule has 0 radical (unpaired) electrons. The maximum Gasteiger partial charge on any atom is 0.255 e. The predicted octanol–water partition coefficient (Wildman–Crippen LogP) is 5.05. The van der Waals surface area contributed by atoms with Crippen molar-refractivity contribution in [1.29, 1.82) is 0 Å². The minimum atomic E-state index is -0.102. The molecule has 1 fully saturated rings. The molecule has 0 atom stereocenters. The Morgan fingerprint density at radius 3 is 2.43 bits per heavy atom. The Balaban J connectivity index is 1.91. The van der Waals surface area contributed by atoms with Crippen molar-refractivity contribution in [3.8, 4) is 0 Å². The summed E-state index contributed by atoms with van der Waals surface area (Å²) in [4.78, 5) is 29.4. The van der Waals surface area contributed by atoms with Crippen molar-refractivity contribution in [3.63, 3.8) is 0 Å². The molecule has 5 nitrogen and oxygen atoms in total. The van der Waals surface area contributed by atoms with E-state index >= 15 is 0 Å². The highest BCUT2D eigenvalue weighted by atomic mass is 35.5. The molecule has 1 aliphatic carbocycles. The summed E-state index contributed by atoms with van der Waals surface area (Å²) < 4.78 is 0. The van der Waals surface area contributed by atoms with Gasteiger partial charge in [-0.1, -0.05) is 37.6 Å². The first-order chi connectivity index (χ1) is 14.3. The van der Waals surface area contributed by atoms with Gasteiger partial charge >= 0.3 is 0 Å². The Kier molecular flexibility index (Phi) is 7.03. The topological polar surface area (TPSA) is 52.7 Å². The highest BCUT2D eigenvalue weighted by Gasteiger charge is 2.28. The van der Waals surface area contributed by atoms with E-state index in [0.29, 0.717) is 29.6 Å². The van der Waals surface area contributed by atoms with Crippen LogP contribution in [-0.4, -0.2) is 37.4 Å². The molecule has 0 aromatic heterocycles. The van der Waals surface area contributed by atoms with Gasteiger partial charge in [0, 0.05) is 44.5 Å². The maximum absolute atomic E-state index is 13.3. The van der Waals surface area contributed by atoms with E-state index in [1.165, 1.54) is 0 Å². The Bertz CT molecular complexity index is 922. The van der Waals surface area contributed by atoms with E-state index in [9.17, 15) is 9.59 Å². The molecule has 1 N–H and O–H groups in total. The van der Waals surface area contributed by atoms with Crippen LogP contribution in [0.1, 0.15) is 42.6 Å². The van der Waals surface area contributed by atoms with Crippen molar-refractivity contribution >= 4 is 34.8 Å². The van der Waals surface area contributed by atoms with Gasteiger partial charge in [0.1, 0.15) is 0 Å². The third-order valence-corrected chi connectivity index (χ3v) is 5.61. The van der Waals surface area contributed by atoms with Crippen molar-refractivity contribution in [3.05, 3.63) is 58.6 Å². The second-order valence-electron chi connectivity index (χ2n) is 8.49. The van der Waals surface area contributed by atoms with Crippen LogP contribution in [-0.2, 0) is 11.3 Å². The largest absolute Gasteiger partial charge is 0.377 e. The molecule has 160 valence electrons. The second-order valence-corrected chi connectivity index (χ2v) is 8.90. The van der Waals surface area contributed by atoms with Crippen molar-refractivity contribution in [2.75, 3.05) is 30.9 Å². The number of carbonyl (C=O) groups excluding carboxylic acids is 2. The van der Waals surface area contributed by atoms with Gasteiger partial charge in [0.2, 0.25) is 5.91 Å². The average Bonchev–Trinajstić information content (AvgIpc) is 3.51. The lowest BCUT2D eigenvalue weighted by atomic mass is 10.1. The quantitative estimate of drug-likeness (QED) is 0.641. The van der Waals surface area contributed by atoms with Gasteiger partial charge in [0.25, 0.3) is 5.91 Å². The predicted molar refractivity (Wildman–Crippen MR) is 123 cm³/mol. The number of nitrogens with zero attached hydrogens (tertiary/aromatic N) is 2. The molecular formula is C24H30ClN3O2. The summed E-state index contributed by atoms with van der Waals surface area (Å²) in [6.07, 6.45) is 2.30. The normalized spacial score (nSPS) is 13.3. The van der Waals surface area contributed by atoms with Crippen LogP contribution in [0.15, 0.2) is 42.5 Å². The maximum atomic E-state index is 13.3. The molecule has 2 aromatic rings. The summed E-state index contributed by atoms with van der Waals surface area (Å²) in [7, 11) is 3.96. The van der Waals surface area contributed by atoms with Crippen LogP contribution in [0.4, 0.5) is 11.4 Å². The summed E-state index contributed by atoms with van der Waals surface area (Å²) >= 11 is 6.31.